The Labute approximate surface area is 210 Å². The largest absolute Gasteiger partial charge is 0.393 e. The highest BCUT2D eigenvalue weighted by atomic mass is 79.9. The van der Waals surface area contributed by atoms with Crippen LogP contribution in [-0.2, 0) is 19.1 Å². The van der Waals surface area contributed by atoms with Crippen molar-refractivity contribution in [1.29, 1.82) is 0 Å². The lowest BCUT2D eigenvalue weighted by Gasteiger charge is -2.59. The third-order valence-electron chi connectivity index (χ3n) is 10.8. The molecule has 5 aliphatic carbocycles. The number of fused-ring (bicyclic) bond motifs is 7. The summed E-state index contributed by atoms with van der Waals surface area (Å²) < 4.78 is 13.5. The lowest BCUT2D eigenvalue weighted by atomic mass is 9.46. The predicted molar refractivity (Wildman–Crippen MR) is 131 cm³/mol. The molecule has 1 N–H and O–H groups in total. The van der Waals surface area contributed by atoms with Crippen LogP contribution in [0.1, 0.15) is 71.6 Å². The maximum absolute atomic E-state index is 13.7. The lowest BCUT2D eigenvalue weighted by molar-refractivity contribution is -0.207. The van der Waals surface area contributed by atoms with E-state index in [4.69, 9.17) is 9.47 Å². The summed E-state index contributed by atoms with van der Waals surface area (Å²) in [6.07, 6.45) is 13.4. The number of hydrogen-bond acceptors (Lipinski definition) is 5. The highest BCUT2D eigenvalue weighted by Crippen LogP contribution is 2.70. The molecule has 9 atom stereocenters. The molecular weight excluding hydrogens is 496 g/mol. The van der Waals surface area contributed by atoms with E-state index in [-0.39, 0.29) is 52.5 Å². The van der Waals surface area contributed by atoms with Gasteiger partial charge in [0.2, 0.25) is 0 Å². The van der Waals surface area contributed by atoms with Crippen LogP contribution in [0.15, 0.2) is 23.8 Å². The van der Waals surface area contributed by atoms with E-state index in [1.807, 2.05) is 6.08 Å². The van der Waals surface area contributed by atoms with Crippen LogP contribution in [0.4, 0.5) is 0 Å². The number of rotatable bonds is 3. The zero-order valence-electron chi connectivity index (χ0n) is 20.3. The minimum Gasteiger partial charge on any atom is -0.393 e. The molecule has 5 nitrogen and oxygen atoms in total. The Hall–Kier alpha value is -0.820. The number of aliphatic hydroxyl groups is 1. The van der Waals surface area contributed by atoms with Crippen LogP contribution in [0.2, 0.25) is 0 Å². The van der Waals surface area contributed by atoms with Crippen molar-refractivity contribution in [2.45, 2.75) is 95.7 Å². The summed E-state index contributed by atoms with van der Waals surface area (Å²) in [5.41, 5.74) is -0.630. The number of allylic oxidation sites excluding steroid dienone is 4. The molecule has 6 aliphatic rings. The van der Waals surface area contributed by atoms with Gasteiger partial charge < -0.3 is 14.6 Å². The second-order valence-electron chi connectivity index (χ2n) is 12.2. The van der Waals surface area contributed by atoms with Crippen LogP contribution in [0.3, 0.4) is 0 Å². The number of ether oxygens (including phenoxy) is 2. The fraction of sp³-hybridized carbons (Fsp3) is 0.786. The monoisotopic (exact) mass is 532 g/mol. The highest BCUT2D eigenvalue weighted by Gasteiger charge is 2.75. The number of halogens is 1. The van der Waals surface area contributed by atoms with Crippen LogP contribution >= 0.6 is 15.9 Å². The minimum absolute atomic E-state index is 0.0408. The molecule has 0 radical (unpaired) electrons. The Morgan fingerprint density at radius 1 is 1.21 bits per heavy atom. The van der Waals surface area contributed by atoms with Gasteiger partial charge in [-0.05, 0) is 62.5 Å². The first-order valence-electron chi connectivity index (χ1n) is 13.3. The van der Waals surface area contributed by atoms with E-state index in [1.54, 1.807) is 12.2 Å². The molecule has 0 aromatic rings. The molecule has 6 heteroatoms. The number of alkyl halides is 1. The van der Waals surface area contributed by atoms with Gasteiger partial charge in [0.05, 0.1) is 17.5 Å². The number of carbonyl (C=O) groups is 2. The van der Waals surface area contributed by atoms with E-state index in [2.05, 4.69) is 29.8 Å². The summed E-state index contributed by atoms with van der Waals surface area (Å²) in [4.78, 5) is 25.8. The number of aliphatic hydroxyl groups excluding tert-OH is 1. The highest BCUT2D eigenvalue weighted by molar-refractivity contribution is 9.09. The van der Waals surface area contributed by atoms with Crippen LogP contribution in [0, 0.1) is 34.5 Å². The lowest BCUT2D eigenvalue weighted by Crippen LogP contribution is -2.63. The first-order chi connectivity index (χ1) is 16.2. The quantitative estimate of drug-likeness (QED) is 0.523. The standard InChI is InChI=1S/C28H37BrO5/c1-26-11-10-18(30)12-17(26)8-9-19-20-13-23-28(22(32)15-29,27(20,2)14-21(31)24(19)26)34-25(33-23)16-6-4-3-5-7-16/h10-12,16,19-21,23-25,31H,3-9,13-15H2,1-2H3/t19-,20-,21?,23+,24+,25+,26-,27-,28+/m0/s1. The molecule has 186 valence electrons. The fourth-order valence-corrected chi connectivity index (χ4v) is 9.73. The normalized spacial score (nSPS) is 50.2. The number of Topliss-reactive ketones (excluding diaryl/α,β-unsaturated/α-hetero) is 1. The summed E-state index contributed by atoms with van der Waals surface area (Å²) in [7, 11) is 0. The molecule has 0 amide bonds. The summed E-state index contributed by atoms with van der Waals surface area (Å²) in [5.74, 6) is 1.02. The molecule has 0 aromatic carbocycles. The Morgan fingerprint density at radius 3 is 2.71 bits per heavy atom. The van der Waals surface area contributed by atoms with Gasteiger partial charge in [-0.25, -0.2) is 0 Å². The van der Waals surface area contributed by atoms with Gasteiger partial charge in [-0.2, -0.15) is 0 Å². The van der Waals surface area contributed by atoms with Gasteiger partial charge in [0.25, 0.3) is 0 Å². The van der Waals surface area contributed by atoms with Crippen LogP contribution in [0.25, 0.3) is 0 Å². The van der Waals surface area contributed by atoms with Crippen LogP contribution in [-0.4, -0.2) is 46.1 Å². The van der Waals surface area contributed by atoms with Crippen molar-refractivity contribution in [1.82, 2.24) is 0 Å². The second kappa shape index (κ2) is 8.09. The molecule has 34 heavy (non-hydrogen) atoms. The minimum atomic E-state index is -0.995. The topological polar surface area (TPSA) is 72.8 Å². The van der Waals surface area contributed by atoms with Gasteiger partial charge in [-0.1, -0.05) is 60.7 Å². The molecule has 1 heterocycles. The molecular formula is C28H37BrO5. The molecule has 1 unspecified atom stereocenters. The Kier molecular flexibility index (Phi) is 5.61. The average Bonchev–Trinajstić information content (AvgIpc) is 3.32. The van der Waals surface area contributed by atoms with Gasteiger partial charge in [0.1, 0.15) is 0 Å². The van der Waals surface area contributed by atoms with Crippen molar-refractivity contribution in [3.63, 3.8) is 0 Å². The SMILES string of the molecule is C[C@]12C=CC(=O)C=C1CC[C@@H]1[C@@H]2C(O)C[C@@]2(C)[C@H]1C[C@H]1O[C@@H](C3CCCCC3)O[C@]12C(=O)CBr. The molecule has 0 aromatic heterocycles. The maximum atomic E-state index is 13.7. The summed E-state index contributed by atoms with van der Waals surface area (Å²) in [5, 5.41) is 12.0. The smallest absolute Gasteiger partial charge is 0.178 e. The van der Waals surface area contributed by atoms with Gasteiger partial charge >= 0.3 is 0 Å². The first-order valence-corrected chi connectivity index (χ1v) is 14.4. The molecule has 5 fully saturated rings. The Bertz CT molecular complexity index is 952. The summed E-state index contributed by atoms with van der Waals surface area (Å²) in [6, 6.07) is 0. The van der Waals surface area contributed by atoms with Crippen molar-refractivity contribution >= 4 is 27.5 Å². The van der Waals surface area contributed by atoms with E-state index in [1.165, 1.54) is 19.3 Å². The molecule has 4 saturated carbocycles. The van der Waals surface area contributed by atoms with E-state index in [0.717, 1.165) is 37.7 Å². The van der Waals surface area contributed by atoms with Crippen molar-refractivity contribution in [2.24, 2.45) is 34.5 Å². The zero-order chi connectivity index (χ0) is 23.9. The average molecular weight is 534 g/mol. The van der Waals surface area contributed by atoms with Gasteiger partial charge in [0, 0.05) is 22.7 Å². The molecule has 0 spiro atoms. The van der Waals surface area contributed by atoms with E-state index in [0.29, 0.717) is 12.3 Å². The second-order valence-corrected chi connectivity index (χ2v) is 12.8. The molecule has 6 rings (SSSR count). The van der Waals surface area contributed by atoms with Gasteiger partial charge in [0.15, 0.2) is 23.5 Å². The third kappa shape index (κ3) is 3.01. The summed E-state index contributed by atoms with van der Waals surface area (Å²) in [6.45, 7) is 4.38. The zero-order valence-corrected chi connectivity index (χ0v) is 21.9. The maximum Gasteiger partial charge on any atom is 0.178 e. The Morgan fingerprint density at radius 2 is 1.97 bits per heavy atom. The van der Waals surface area contributed by atoms with Crippen molar-refractivity contribution < 1.29 is 24.2 Å². The fourth-order valence-electron chi connectivity index (χ4n) is 9.31. The van der Waals surface area contributed by atoms with Crippen LogP contribution < -0.4 is 0 Å². The number of ketones is 2. The van der Waals surface area contributed by atoms with Gasteiger partial charge in [-0.15, -0.1) is 0 Å². The number of carbonyl (C=O) groups excluding carboxylic acids is 2. The van der Waals surface area contributed by atoms with Crippen molar-refractivity contribution in [3.8, 4) is 0 Å². The molecule has 1 saturated heterocycles. The summed E-state index contributed by atoms with van der Waals surface area (Å²) >= 11 is 3.46. The van der Waals surface area contributed by atoms with E-state index in [9.17, 15) is 14.7 Å². The van der Waals surface area contributed by atoms with Gasteiger partial charge in [-0.3, -0.25) is 9.59 Å². The molecule has 1 aliphatic heterocycles. The number of hydrogen-bond donors (Lipinski definition) is 1. The molecule has 0 bridgehead atoms. The van der Waals surface area contributed by atoms with Crippen LogP contribution in [0.5, 0.6) is 0 Å². The Balaban J connectivity index is 1.37. The predicted octanol–water partition coefficient (Wildman–Crippen LogP) is 4.90. The van der Waals surface area contributed by atoms with E-state index < -0.39 is 17.1 Å². The third-order valence-corrected chi connectivity index (χ3v) is 11.3. The van der Waals surface area contributed by atoms with Crippen molar-refractivity contribution in [2.75, 3.05) is 5.33 Å². The van der Waals surface area contributed by atoms with Crippen molar-refractivity contribution in [3.05, 3.63) is 23.8 Å². The first kappa shape index (κ1) is 23.6. The van der Waals surface area contributed by atoms with E-state index >= 15 is 0 Å².